The Hall–Kier alpha value is -1.35. The minimum Gasteiger partial charge on any atom is -0.375 e. The van der Waals surface area contributed by atoms with E-state index in [1.54, 1.807) is 0 Å². The molecule has 1 aromatic heterocycles. The van der Waals surface area contributed by atoms with Crippen LogP contribution in [0.5, 0.6) is 0 Å². The average molecular weight is 189 g/mol. The van der Waals surface area contributed by atoms with Crippen LogP contribution in [0.15, 0.2) is 30.6 Å². The fourth-order valence-electron chi connectivity index (χ4n) is 1.49. The third-order valence-corrected chi connectivity index (χ3v) is 2.30. The summed E-state index contributed by atoms with van der Waals surface area (Å²) in [5, 5.41) is 3.32. The molecular formula is C11H15N3. The molecule has 0 spiro atoms. The number of nitrogens with zero attached hydrogens (tertiary/aromatic N) is 2. The van der Waals surface area contributed by atoms with Gasteiger partial charge in [0.1, 0.15) is 0 Å². The van der Waals surface area contributed by atoms with Gasteiger partial charge in [-0.25, -0.2) is 0 Å². The standard InChI is InChI=1S/C11H15N3/c1-2-5-13-11(3-1)4-8-14-9-6-12-7-10-14/h1-5,8,12H,6-7,9-10H2/b8-4+. The van der Waals surface area contributed by atoms with Crippen LogP contribution in [0.4, 0.5) is 0 Å². The van der Waals surface area contributed by atoms with Gasteiger partial charge in [-0.1, -0.05) is 6.07 Å². The van der Waals surface area contributed by atoms with E-state index in [0.29, 0.717) is 0 Å². The Morgan fingerprint density at radius 1 is 1.29 bits per heavy atom. The van der Waals surface area contributed by atoms with Gasteiger partial charge in [0.05, 0.1) is 5.69 Å². The molecule has 2 rings (SSSR count). The summed E-state index contributed by atoms with van der Waals surface area (Å²) >= 11 is 0. The summed E-state index contributed by atoms with van der Waals surface area (Å²) in [7, 11) is 0. The Balaban J connectivity index is 1.93. The number of hydrogen-bond donors (Lipinski definition) is 1. The third kappa shape index (κ3) is 2.57. The monoisotopic (exact) mass is 189 g/mol. The molecular weight excluding hydrogens is 174 g/mol. The Kier molecular flexibility index (Phi) is 3.14. The Morgan fingerprint density at radius 2 is 2.14 bits per heavy atom. The molecule has 0 bridgehead atoms. The molecule has 0 saturated carbocycles. The van der Waals surface area contributed by atoms with Crippen molar-refractivity contribution in [2.45, 2.75) is 0 Å². The van der Waals surface area contributed by atoms with Gasteiger partial charge >= 0.3 is 0 Å². The van der Waals surface area contributed by atoms with Crippen molar-refractivity contribution in [3.05, 3.63) is 36.3 Å². The van der Waals surface area contributed by atoms with Gasteiger partial charge in [0.25, 0.3) is 0 Å². The zero-order chi connectivity index (χ0) is 9.64. The van der Waals surface area contributed by atoms with Crippen LogP contribution < -0.4 is 5.32 Å². The lowest BCUT2D eigenvalue weighted by molar-refractivity contribution is 0.326. The zero-order valence-electron chi connectivity index (χ0n) is 8.19. The van der Waals surface area contributed by atoms with Gasteiger partial charge in [0, 0.05) is 38.6 Å². The molecule has 3 nitrogen and oxygen atoms in total. The SMILES string of the molecule is C(=C\N1CCNCC1)/c1ccccn1. The lowest BCUT2D eigenvalue weighted by Crippen LogP contribution is -2.40. The van der Waals surface area contributed by atoms with Crippen LogP contribution >= 0.6 is 0 Å². The van der Waals surface area contributed by atoms with E-state index in [2.05, 4.69) is 27.5 Å². The summed E-state index contributed by atoms with van der Waals surface area (Å²) in [5.41, 5.74) is 1.02. The van der Waals surface area contributed by atoms with Gasteiger partial charge in [0.15, 0.2) is 0 Å². The number of hydrogen-bond acceptors (Lipinski definition) is 3. The van der Waals surface area contributed by atoms with Crippen molar-refractivity contribution in [2.24, 2.45) is 0 Å². The molecule has 14 heavy (non-hydrogen) atoms. The van der Waals surface area contributed by atoms with E-state index < -0.39 is 0 Å². The van der Waals surface area contributed by atoms with Crippen molar-refractivity contribution in [3.63, 3.8) is 0 Å². The van der Waals surface area contributed by atoms with Crippen LogP contribution in [0.1, 0.15) is 5.69 Å². The highest BCUT2D eigenvalue weighted by atomic mass is 15.2. The fraction of sp³-hybridized carbons (Fsp3) is 0.364. The molecule has 0 radical (unpaired) electrons. The number of nitrogens with one attached hydrogen (secondary N) is 1. The first kappa shape index (κ1) is 9.21. The third-order valence-electron chi connectivity index (χ3n) is 2.30. The van der Waals surface area contributed by atoms with Crippen LogP contribution in [0.3, 0.4) is 0 Å². The maximum Gasteiger partial charge on any atom is 0.0644 e. The number of piperazine rings is 1. The first-order valence-corrected chi connectivity index (χ1v) is 4.99. The molecule has 1 aliphatic rings. The van der Waals surface area contributed by atoms with Crippen LogP contribution in [-0.2, 0) is 0 Å². The second-order valence-corrected chi connectivity index (χ2v) is 3.36. The molecule has 1 N–H and O–H groups in total. The summed E-state index contributed by atoms with van der Waals surface area (Å²) in [5.74, 6) is 0. The van der Waals surface area contributed by atoms with Gasteiger partial charge in [-0.05, 0) is 18.2 Å². The van der Waals surface area contributed by atoms with Crippen LogP contribution in [0, 0.1) is 0 Å². The number of aromatic nitrogens is 1. The molecule has 0 aliphatic carbocycles. The lowest BCUT2D eigenvalue weighted by atomic mass is 10.3. The molecule has 1 aliphatic heterocycles. The van der Waals surface area contributed by atoms with Gasteiger partial charge in [0.2, 0.25) is 0 Å². The van der Waals surface area contributed by atoms with E-state index in [1.807, 2.05) is 24.4 Å². The predicted molar refractivity (Wildman–Crippen MR) is 57.7 cm³/mol. The summed E-state index contributed by atoms with van der Waals surface area (Å²) in [6, 6.07) is 5.95. The van der Waals surface area contributed by atoms with Crippen molar-refractivity contribution in [2.75, 3.05) is 26.2 Å². The second kappa shape index (κ2) is 4.77. The van der Waals surface area contributed by atoms with E-state index in [9.17, 15) is 0 Å². The second-order valence-electron chi connectivity index (χ2n) is 3.36. The molecule has 1 saturated heterocycles. The van der Waals surface area contributed by atoms with E-state index in [1.165, 1.54) is 0 Å². The molecule has 0 unspecified atom stereocenters. The summed E-state index contributed by atoms with van der Waals surface area (Å²) in [6.45, 7) is 4.33. The molecule has 0 atom stereocenters. The highest BCUT2D eigenvalue weighted by Crippen LogP contribution is 1.99. The van der Waals surface area contributed by atoms with Gasteiger partial charge < -0.3 is 10.2 Å². The summed E-state index contributed by atoms with van der Waals surface area (Å²) in [6.07, 6.45) is 6.01. The normalized spacial score (nSPS) is 17.6. The lowest BCUT2D eigenvalue weighted by Gasteiger charge is -2.25. The average Bonchev–Trinajstić information content (AvgIpc) is 2.29. The molecule has 74 valence electrons. The highest BCUT2D eigenvalue weighted by molar-refractivity contribution is 5.43. The topological polar surface area (TPSA) is 28.2 Å². The van der Waals surface area contributed by atoms with Crippen LogP contribution in [0.25, 0.3) is 6.08 Å². The number of pyridine rings is 1. The first-order valence-electron chi connectivity index (χ1n) is 4.99. The maximum atomic E-state index is 4.23. The van der Waals surface area contributed by atoms with E-state index >= 15 is 0 Å². The van der Waals surface area contributed by atoms with E-state index in [4.69, 9.17) is 0 Å². The largest absolute Gasteiger partial charge is 0.375 e. The predicted octanol–water partition coefficient (Wildman–Crippen LogP) is 0.958. The Bertz CT molecular complexity index is 289. The minimum atomic E-state index is 1.02. The summed E-state index contributed by atoms with van der Waals surface area (Å²) in [4.78, 5) is 6.54. The van der Waals surface area contributed by atoms with Crippen molar-refractivity contribution in [3.8, 4) is 0 Å². The van der Waals surface area contributed by atoms with Crippen LogP contribution in [0.2, 0.25) is 0 Å². The van der Waals surface area contributed by atoms with Crippen molar-refractivity contribution < 1.29 is 0 Å². The zero-order valence-corrected chi connectivity index (χ0v) is 8.19. The van der Waals surface area contributed by atoms with E-state index in [0.717, 1.165) is 31.9 Å². The van der Waals surface area contributed by atoms with Crippen molar-refractivity contribution >= 4 is 6.08 Å². The Labute approximate surface area is 84.5 Å². The van der Waals surface area contributed by atoms with E-state index in [-0.39, 0.29) is 0 Å². The first-order chi connectivity index (χ1) is 6.95. The molecule has 0 aromatic carbocycles. The van der Waals surface area contributed by atoms with Gasteiger partial charge in [-0.3, -0.25) is 4.98 Å². The number of rotatable bonds is 2. The molecule has 1 aromatic rings. The fourth-order valence-corrected chi connectivity index (χ4v) is 1.49. The van der Waals surface area contributed by atoms with Gasteiger partial charge in [-0.2, -0.15) is 0 Å². The van der Waals surface area contributed by atoms with Crippen LogP contribution in [-0.4, -0.2) is 36.1 Å². The Morgan fingerprint density at radius 3 is 2.86 bits per heavy atom. The highest BCUT2D eigenvalue weighted by Gasteiger charge is 2.03. The summed E-state index contributed by atoms with van der Waals surface area (Å²) < 4.78 is 0. The minimum absolute atomic E-state index is 1.02. The van der Waals surface area contributed by atoms with Crippen molar-refractivity contribution in [1.82, 2.24) is 15.2 Å². The van der Waals surface area contributed by atoms with Gasteiger partial charge in [-0.15, -0.1) is 0 Å². The smallest absolute Gasteiger partial charge is 0.0644 e. The molecule has 3 heteroatoms. The van der Waals surface area contributed by atoms with Crippen molar-refractivity contribution in [1.29, 1.82) is 0 Å². The quantitative estimate of drug-likeness (QED) is 0.751. The molecule has 0 amide bonds. The maximum absolute atomic E-state index is 4.23. The molecule has 1 fully saturated rings. The molecule has 2 heterocycles.